The minimum Gasteiger partial charge on any atom is -0.438 e. The summed E-state index contributed by atoms with van der Waals surface area (Å²) in [6, 6.07) is 14.3. The van der Waals surface area contributed by atoms with Crippen LogP contribution in [0.1, 0.15) is 5.56 Å². The molecule has 0 unspecified atom stereocenters. The van der Waals surface area contributed by atoms with E-state index in [0.29, 0.717) is 20.6 Å². The van der Waals surface area contributed by atoms with Crippen LogP contribution in [0.15, 0.2) is 64.4 Å². The first-order valence-corrected chi connectivity index (χ1v) is 9.23. The molecular formula is C19H13N3O3S2. The van der Waals surface area contributed by atoms with Crippen LogP contribution in [0.2, 0.25) is 0 Å². The maximum Gasteiger partial charge on any atom is 0.269 e. The SMILES string of the molecule is CN1C(=O)/C(=C/c2c(Oc3ccccc3)nc3ccccn3c2=O)SC1=S. The summed E-state index contributed by atoms with van der Waals surface area (Å²) in [5.41, 5.74) is 0.318. The highest BCUT2D eigenvalue weighted by atomic mass is 32.2. The average Bonchev–Trinajstić information content (AvgIpc) is 2.92. The molecule has 1 saturated heterocycles. The van der Waals surface area contributed by atoms with Gasteiger partial charge >= 0.3 is 0 Å². The van der Waals surface area contributed by atoms with Gasteiger partial charge in [-0.3, -0.25) is 18.9 Å². The van der Waals surface area contributed by atoms with Gasteiger partial charge in [-0.05, 0) is 30.3 Å². The van der Waals surface area contributed by atoms with Crippen molar-refractivity contribution in [2.75, 3.05) is 7.05 Å². The molecule has 1 aliphatic rings. The van der Waals surface area contributed by atoms with E-state index in [1.165, 1.54) is 15.4 Å². The van der Waals surface area contributed by atoms with Gasteiger partial charge in [-0.1, -0.05) is 48.2 Å². The molecule has 0 N–H and O–H groups in total. The summed E-state index contributed by atoms with van der Waals surface area (Å²) in [5.74, 6) is 0.425. The van der Waals surface area contributed by atoms with Crippen LogP contribution in [-0.4, -0.2) is 31.6 Å². The summed E-state index contributed by atoms with van der Waals surface area (Å²) in [6.45, 7) is 0. The highest BCUT2D eigenvalue weighted by Crippen LogP contribution is 2.33. The van der Waals surface area contributed by atoms with Crippen LogP contribution in [0.3, 0.4) is 0 Å². The van der Waals surface area contributed by atoms with E-state index in [1.807, 2.05) is 18.2 Å². The van der Waals surface area contributed by atoms with E-state index in [9.17, 15) is 9.59 Å². The maximum atomic E-state index is 13.0. The summed E-state index contributed by atoms with van der Waals surface area (Å²) in [5, 5.41) is 0. The molecule has 1 aliphatic heterocycles. The van der Waals surface area contributed by atoms with E-state index in [0.717, 1.165) is 11.8 Å². The summed E-state index contributed by atoms with van der Waals surface area (Å²) in [4.78, 5) is 31.6. The van der Waals surface area contributed by atoms with E-state index in [-0.39, 0.29) is 22.9 Å². The molecule has 27 heavy (non-hydrogen) atoms. The molecule has 6 nitrogen and oxygen atoms in total. The molecule has 0 spiro atoms. The van der Waals surface area contributed by atoms with Crippen molar-refractivity contribution < 1.29 is 9.53 Å². The number of nitrogens with zero attached hydrogens (tertiary/aromatic N) is 3. The van der Waals surface area contributed by atoms with Gasteiger partial charge in [0, 0.05) is 13.2 Å². The zero-order valence-corrected chi connectivity index (χ0v) is 15.8. The zero-order valence-electron chi connectivity index (χ0n) is 14.2. The van der Waals surface area contributed by atoms with Gasteiger partial charge in [0.15, 0.2) is 0 Å². The van der Waals surface area contributed by atoms with E-state index < -0.39 is 0 Å². The highest BCUT2D eigenvalue weighted by Gasteiger charge is 2.29. The van der Waals surface area contributed by atoms with Gasteiger partial charge in [0.25, 0.3) is 11.5 Å². The van der Waals surface area contributed by atoms with Gasteiger partial charge < -0.3 is 4.74 Å². The minimum atomic E-state index is -0.326. The van der Waals surface area contributed by atoms with Crippen LogP contribution in [0.4, 0.5) is 0 Å². The van der Waals surface area contributed by atoms with Gasteiger partial charge in [0.1, 0.15) is 21.3 Å². The van der Waals surface area contributed by atoms with Crippen molar-refractivity contribution in [2.24, 2.45) is 0 Å². The molecule has 0 aliphatic carbocycles. The maximum absolute atomic E-state index is 13.0. The first-order chi connectivity index (χ1) is 13.0. The van der Waals surface area contributed by atoms with E-state index in [4.69, 9.17) is 17.0 Å². The lowest BCUT2D eigenvalue weighted by atomic mass is 10.2. The van der Waals surface area contributed by atoms with Crippen LogP contribution in [0, 0.1) is 0 Å². The van der Waals surface area contributed by atoms with Crippen molar-refractivity contribution in [1.82, 2.24) is 14.3 Å². The fraction of sp³-hybridized carbons (Fsp3) is 0.0526. The standard InChI is InChI=1S/C19H13N3O3S2/c1-21-18(24)14(27-19(21)26)11-13-16(25-12-7-3-2-4-8-12)20-15-9-5-6-10-22(15)17(13)23/h2-11H,1H3/b14-11-. The number of rotatable bonds is 3. The molecule has 134 valence electrons. The number of para-hydroxylation sites is 1. The van der Waals surface area contributed by atoms with E-state index >= 15 is 0 Å². The number of fused-ring (bicyclic) bond motifs is 1. The number of hydrogen-bond donors (Lipinski definition) is 0. The topological polar surface area (TPSA) is 63.9 Å². The fourth-order valence-electron chi connectivity index (χ4n) is 2.56. The monoisotopic (exact) mass is 395 g/mol. The lowest BCUT2D eigenvalue weighted by Crippen LogP contribution is -2.22. The third-order valence-corrected chi connectivity index (χ3v) is 5.44. The molecule has 3 heterocycles. The number of amides is 1. The van der Waals surface area contributed by atoms with Crippen molar-refractivity contribution in [3.05, 3.63) is 75.6 Å². The zero-order chi connectivity index (χ0) is 19.0. The molecule has 8 heteroatoms. The van der Waals surface area contributed by atoms with Crippen molar-refractivity contribution in [3.8, 4) is 11.6 Å². The predicted octanol–water partition coefficient (Wildman–Crippen LogP) is 3.32. The molecule has 0 saturated carbocycles. The molecule has 0 atom stereocenters. The third-order valence-electron chi connectivity index (χ3n) is 3.95. The Kier molecular flexibility index (Phi) is 4.51. The number of likely N-dealkylation sites (N-methyl/N-ethyl adjacent to an activating group) is 1. The Morgan fingerprint density at radius 3 is 2.56 bits per heavy atom. The number of thiocarbonyl (C=S) groups is 1. The smallest absolute Gasteiger partial charge is 0.269 e. The lowest BCUT2D eigenvalue weighted by Gasteiger charge is -2.10. The number of aromatic nitrogens is 2. The normalized spacial score (nSPS) is 15.7. The fourth-order valence-corrected chi connectivity index (χ4v) is 3.72. The van der Waals surface area contributed by atoms with E-state index in [2.05, 4.69) is 4.98 Å². The molecule has 2 aromatic heterocycles. The molecule has 1 amide bonds. The average molecular weight is 395 g/mol. The summed E-state index contributed by atoms with van der Waals surface area (Å²) in [6.07, 6.45) is 3.12. The van der Waals surface area contributed by atoms with Crippen LogP contribution in [0.25, 0.3) is 11.7 Å². The third kappa shape index (κ3) is 3.24. The molecule has 0 bridgehead atoms. The van der Waals surface area contributed by atoms with Gasteiger partial charge in [-0.2, -0.15) is 4.98 Å². The second-order valence-electron chi connectivity index (χ2n) is 5.72. The van der Waals surface area contributed by atoms with Gasteiger partial charge in [-0.25, -0.2) is 0 Å². The summed E-state index contributed by atoms with van der Waals surface area (Å²) in [7, 11) is 1.60. The number of hydrogen-bond acceptors (Lipinski definition) is 6. The highest BCUT2D eigenvalue weighted by molar-refractivity contribution is 8.26. The van der Waals surface area contributed by atoms with Crippen LogP contribution in [0.5, 0.6) is 11.6 Å². The van der Waals surface area contributed by atoms with E-state index in [1.54, 1.807) is 43.6 Å². The van der Waals surface area contributed by atoms with Crippen LogP contribution < -0.4 is 10.3 Å². The Bertz CT molecular complexity index is 1160. The molecule has 0 radical (unpaired) electrons. The molecular weight excluding hydrogens is 382 g/mol. The summed E-state index contributed by atoms with van der Waals surface area (Å²) < 4.78 is 7.71. The van der Waals surface area contributed by atoms with Gasteiger partial charge in [0.2, 0.25) is 5.88 Å². The lowest BCUT2D eigenvalue weighted by molar-refractivity contribution is -0.121. The van der Waals surface area contributed by atoms with Crippen LogP contribution in [-0.2, 0) is 4.79 Å². The quantitative estimate of drug-likeness (QED) is 0.501. The Labute approximate surface area is 164 Å². The number of carbonyl (C=O) groups excluding carboxylic acids is 1. The minimum absolute atomic E-state index is 0.138. The number of pyridine rings is 1. The first kappa shape index (κ1) is 17.4. The second kappa shape index (κ2) is 6.98. The van der Waals surface area contributed by atoms with Gasteiger partial charge in [-0.15, -0.1) is 0 Å². The molecule has 1 fully saturated rings. The number of carbonyl (C=O) groups is 1. The van der Waals surface area contributed by atoms with Crippen LogP contribution >= 0.6 is 24.0 Å². The van der Waals surface area contributed by atoms with Crippen molar-refractivity contribution in [1.29, 1.82) is 0 Å². The number of ether oxygens (including phenoxy) is 1. The predicted molar refractivity (Wildman–Crippen MR) is 109 cm³/mol. The summed E-state index contributed by atoms with van der Waals surface area (Å²) >= 11 is 6.30. The second-order valence-corrected chi connectivity index (χ2v) is 7.40. The Balaban J connectivity index is 1.91. The van der Waals surface area contributed by atoms with Gasteiger partial charge in [0.05, 0.1) is 4.91 Å². The Morgan fingerprint density at radius 1 is 1.11 bits per heavy atom. The number of thioether (sulfide) groups is 1. The largest absolute Gasteiger partial charge is 0.438 e. The first-order valence-electron chi connectivity index (χ1n) is 8.00. The van der Waals surface area contributed by atoms with Crippen molar-refractivity contribution >= 4 is 45.9 Å². The van der Waals surface area contributed by atoms with Crippen molar-refractivity contribution in [3.63, 3.8) is 0 Å². The Morgan fingerprint density at radius 2 is 1.85 bits per heavy atom. The Hall–Kier alpha value is -2.97. The molecule has 1 aromatic carbocycles. The van der Waals surface area contributed by atoms with Crippen molar-refractivity contribution in [2.45, 2.75) is 0 Å². The number of benzene rings is 1. The molecule has 4 rings (SSSR count). The molecule has 3 aromatic rings.